The fraction of sp³-hybridized carbons (Fsp3) is 0.367. The summed E-state index contributed by atoms with van der Waals surface area (Å²) in [6.45, 7) is 4.74. The summed E-state index contributed by atoms with van der Waals surface area (Å²) in [7, 11) is 0. The molecule has 0 spiro atoms. The Kier molecular flexibility index (Phi) is 7.89. The van der Waals surface area contributed by atoms with E-state index in [9.17, 15) is 18.0 Å². The van der Waals surface area contributed by atoms with Crippen LogP contribution in [0.2, 0.25) is 0 Å². The number of halogens is 3. The first-order valence-corrected chi connectivity index (χ1v) is 14.7. The van der Waals surface area contributed by atoms with Gasteiger partial charge in [-0.2, -0.15) is 28.1 Å². The molecule has 0 amide bonds. The molecular weight excluding hydrogens is 563 g/mol. The van der Waals surface area contributed by atoms with Crippen molar-refractivity contribution in [2.24, 2.45) is 10.9 Å². The van der Waals surface area contributed by atoms with Crippen molar-refractivity contribution in [3.8, 4) is 0 Å². The third kappa shape index (κ3) is 6.92. The quantitative estimate of drug-likeness (QED) is 0.358. The lowest BCUT2D eigenvalue weighted by molar-refractivity contribution is -0.137. The van der Waals surface area contributed by atoms with E-state index in [2.05, 4.69) is 20.3 Å². The third-order valence-electron chi connectivity index (χ3n) is 7.37. The summed E-state index contributed by atoms with van der Waals surface area (Å²) in [5.41, 5.74) is 2.02. The summed E-state index contributed by atoms with van der Waals surface area (Å²) in [5.74, 6) is 2.09. The number of amidine groups is 1. The smallest absolute Gasteiger partial charge is 0.368 e. The fourth-order valence-electron chi connectivity index (χ4n) is 4.89. The molecule has 0 bridgehead atoms. The molecule has 3 heterocycles. The molecule has 12 heteroatoms. The molecule has 0 radical (unpaired) electrons. The number of hydrogen-bond donors (Lipinski definition) is 1. The van der Waals surface area contributed by atoms with E-state index in [4.69, 9.17) is 4.98 Å². The summed E-state index contributed by atoms with van der Waals surface area (Å²) in [6, 6.07) is 13.3. The van der Waals surface area contributed by atoms with E-state index in [0.29, 0.717) is 73.5 Å². The lowest BCUT2D eigenvalue weighted by atomic mass is 10.1. The van der Waals surface area contributed by atoms with Gasteiger partial charge in [-0.1, -0.05) is 18.2 Å². The number of aliphatic imine (C=N–C) groups is 1. The average Bonchev–Trinajstić information content (AvgIpc) is 3.75. The molecule has 1 N–H and O–H groups in total. The van der Waals surface area contributed by atoms with E-state index in [1.807, 2.05) is 47.1 Å². The van der Waals surface area contributed by atoms with Crippen LogP contribution in [0.4, 0.5) is 30.8 Å². The Morgan fingerprint density at radius 1 is 1.00 bits per heavy atom. The second kappa shape index (κ2) is 11.7. The number of nitrogens with zero attached hydrogens (tertiary/aromatic N) is 6. The highest BCUT2D eigenvalue weighted by Gasteiger charge is 2.31. The van der Waals surface area contributed by atoms with Crippen LogP contribution in [0, 0.1) is 5.92 Å². The van der Waals surface area contributed by atoms with Gasteiger partial charge in [-0.15, -0.1) is 0 Å². The number of benzene rings is 2. The maximum atomic E-state index is 13.2. The molecule has 42 heavy (non-hydrogen) atoms. The van der Waals surface area contributed by atoms with Crippen molar-refractivity contribution in [2.45, 2.75) is 42.4 Å². The first-order valence-electron chi connectivity index (χ1n) is 13.9. The highest BCUT2D eigenvalue weighted by Crippen LogP contribution is 2.33. The number of carbonyl (C=O) groups is 1. The number of alkyl halides is 3. The van der Waals surface area contributed by atoms with E-state index in [1.165, 1.54) is 23.9 Å². The third-order valence-corrected chi connectivity index (χ3v) is 8.24. The van der Waals surface area contributed by atoms with Gasteiger partial charge in [-0.25, -0.2) is 0 Å². The van der Waals surface area contributed by atoms with Gasteiger partial charge in [-0.05, 0) is 79.1 Å². The first-order chi connectivity index (χ1) is 20.2. The minimum absolute atomic E-state index is 0.239. The Hall–Kier alpha value is -3.93. The largest absolute Gasteiger partial charge is 0.416 e. The Morgan fingerprint density at radius 3 is 2.40 bits per heavy atom. The highest BCUT2D eigenvalue weighted by atomic mass is 32.2. The maximum absolute atomic E-state index is 13.2. The van der Waals surface area contributed by atoms with Gasteiger partial charge in [0, 0.05) is 49.1 Å². The number of anilines is 3. The molecule has 0 unspecified atom stereocenters. The second-order valence-electron chi connectivity index (χ2n) is 10.7. The fourth-order valence-corrected chi connectivity index (χ4v) is 5.63. The van der Waals surface area contributed by atoms with Crippen LogP contribution in [-0.4, -0.2) is 59.3 Å². The van der Waals surface area contributed by atoms with Crippen molar-refractivity contribution in [3.63, 3.8) is 0 Å². The number of hydrogen-bond acceptors (Lipinski definition) is 9. The number of ketones is 1. The Labute approximate surface area is 246 Å². The van der Waals surface area contributed by atoms with Crippen molar-refractivity contribution >= 4 is 41.0 Å². The summed E-state index contributed by atoms with van der Waals surface area (Å²) < 4.78 is 39.7. The Bertz CT molecular complexity index is 1530. The molecule has 1 saturated carbocycles. The van der Waals surface area contributed by atoms with Crippen LogP contribution >= 0.6 is 11.8 Å². The Morgan fingerprint density at radius 2 is 1.74 bits per heavy atom. The number of nitrogens with one attached hydrogen (secondary N) is 1. The topological polar surface area (TPSA) is 86.6 Å². The zero-order valence-electron chi connectivity index (χ0n) is 23.1. The van der Waals surface area contributed by atoms with E-state index in [-0.39, 0.29) is 5.92 Å². The monoisotopic (exact) mass is 593 g/mol. The molecule has 1 saturated heterocycles. The molecule has 8 nitrogen and oxygen atoms in total. The van der Waals surface area contributed by atoms with Gasteiger partial charge < -0.3 is 15.1 Å². The van der Waals surface area contributed by atoms with Crippen LogP contribution in [-0.2, 0) is 17.4 Å². The van der Waals surface area contributed by atoms with Crippen LogP contribution in [0.5, 0.6) is 0 Å². The lowest BCUT2D eigenvalue weighted by Crippen LogP contribution is -2.47. The zero-order chi connectivity index (χ0) is 29.3. The van der Waals surface area contributed by atoms with Crippen molar-refractivity contribution in [1.29, 1.82) is 0 Å². The van der Waals surface area contributed by atoms with Crippen LogP contribution in [0.25, 0.3) is 0 Å². The molecule has 0 atom stereocenters. The van der Waals surface area contributed by atoms with E-state index in [1.54, 1.807) is 6.07 Å². The van der Waals surface area contributed by atoms with Crippen LogP contribution in [0.15, 0.2) is 75.2 Å². The molecule has 2 aromatic carbocycles. The summed E-state index contributed by atoms with van der Waals surface area (Å²) in [5, 5.41) is 3.70. The van der Waals surface area contributed by atoms with Gasteiger partial charge in [0.25, 0.3) is 0 Å². The highest BCUT2D eigenvalue weighted by molar-refractivity contribution is 7.99. The summed E-state index contributed by atoms with van der Waals surface area (Å²) in [4.78, 5) is 35.6. The van der Waals surface area contributed by atoms with E-state index < -0.39 is 11.7 Å². The molecule has 2 aliphatic heterocycles. The van der Waals surface area contributed by atoms with Crippen LogP contribution in [0.3, 0.4) is 0 Å². The minimum atomic E-state index is -4.38. The average molecular weight is 594 g/mol. The van der Waals surface area contributed by atoms with Crippen molar-refractivity contribution < 1.29 is 18.0 Å². The van der Waals surface area contributed by atoms with Gasteiger partial charge in [0.2, 0.25) is 11.9 Å². The number of aromatic nitrogens is 3. The zero-order valence-corrected chi connectivity index (χ0v) is 23.9. The first kappa shape index (κ1) is 28.2. The van der Waals surface area contributed by atoms with Crippen molar-refractivity contribution in [1.82, 2.24) is 15.0 Å². The molecule has 3 aliphatic rings. The molecule has 218 valence electrons. The molecule has 2 fully saturated rings. The van der Waals surface area contributed by atoms with Gasteiger partial charge in [0.1, 0.15) is 11.6 Å². The lowest BCUT2D eigenvalue weighted by Gasteiger charge is -2.36. The number of Topliss-reactive ketones (excluding diaryl/α,β-unsaturated/α-hetero) is 1. The predicted molar refractivity (Wildman–Crippen MR) is 157 cm³/mol. The van der Waals surface area contributed by atoms with Crippen LogP contribution < -0.4 is 15.1 Å². The number of carbonyl (C=O) groups excluding carboxylic acids is 1. The normalized spacial score (nSPS) is 17.2. The molecule has 6 rings (SSSR count). The molecule has 1 aromatic heterocycles. The standard InChI is InChI=1S/C30H30F3N7OS/c1-19-15-26(34-18-19)35-27-36-28(40-13-11-39(12-14-40)23-4-2-3-22(17-23)30(31,32)33)38-29(37-27)42-24-9-5-20(6-10-24)16-25(41)21-7-8-21/h2-6,9-10,15,17,21H,7-8,11-14,16,18H2,1H3,(H,34,35,36,37,38). The van der Waals surface area contributed by atoms with E-state index in [0.717, 1.165) is 34.9 Å². The second-order valence-corrected chi connectivity index (χ2v) is 11.8. The van der Waals surface area contributed by atoms with Gasteiger partial charge in [-0.3, -0.25) is 9.79 Å². The van der Waals surface area contributed by atoms with Crippen molar-refractivity contribution in [2.75, 3.05) is 47.8 Å². The minimum Gasteiger partial charge on any atom is -0.368 e. The van der Waals surface area contributed by atoms with Gasteiger partial charge in [0.05, 0.1) is 12.1 Å². The molecule has 3 aromatic rings. The summed E-state index contributed by atoms with van der Waals surface area (Å²) >= 11 is 1.40. The van der Waals surface area contributed by atoms with E-state index >= 15 is 0 Å². The van der Waals surface area contributed by atoms with Crippen LogP contribution in [0.1, 0.15) is 30.9 Å². The van der Waals surface area contributed by atoms with Gasteiger partial charge in [0.15, 0.2) is 5.16 Å². The Balaban J connectivity index is 1.18. The van der Waals surface area contributed by atoms with Gasteiger partial charge >= 0.3 is 6.18 Å². The maximum Gasteiger partial charge on any atom is 0.416 e. The number of piperazine rings is 1. The summed E-state index contributed by atoms with van der Waals surface area (Å²) in [6.07, 6.45) is 0.0403. The van der Waals surface area contributed by atoms with Crippen molar-refractivity contribution in [3.05, 3.63) is 71.3 Å². The predicted octanol–water partition coefficient (Wildman–Crippen LogP) is 5.66. The SMILES string of the molecule is CC1=CC(Nc2nc(Sc3ccc(CC(=O)C4CC4)cc3)nc(N3CCN(c4cccc(C(F)(F)F)c4)CC3)n2)=NC1. The number of rotatable bonds is 8. The molecule has 1 aliphatic carbocycles. The molecular formula is C30H30F3N7OS.